The Morgan fingerprint density at radius 3 is 2.71 bits per heavy atom. The third kappa shape index (κ3) is 3.81. The van der Waals surface area contributed by atoms with Crippen molar-refractivity contribution in [3.8, 4) is 0 Å². The van der Waals surface area contributed by atoms with E-state index in [0.29, 0.717) is 42.4 Å². The maximum atomic E-state index is 13.4. The lowest BCUT2D eigenvalue weighted by Crippen LogP contribution is -2.41. The van der Waals surface area contributed by atoms with Crippen molar-refractivity contribution in [2.24, 2.45) is 0 Å². The number of nitrogens with zero attached hydrogens (tertiary/aromatic N) is 2. The number of aromatic nitrogens is 1. The van der Waals surface area contributed by atoms with Crippen LogP contribution in [0.1, 0.15) is 33.6 Å². The number of thiophene rings is 1. The van der Waals surface area contributed by atoms with Gasteiger partial charge >= 0.3 is 0 Å². The molecular formula is C22H23N3O4S2. The van der Waals surface area contributed by atoms with Crippen molar-refractivity contribution in [1.82, 2.24) is 9.88 Å². The summed E-state index contributed by atoms with van der Waals surface area (Å²) < 4.78 is 34.9. The second-order valence-electron chi connectivity index (χ2n) is 7.76. The van der Waals surface area contributed by atoms with E-state index >= 15 is 0 Å². The second-order valence-corrected chi connectivity index (χ2v) is 10.5. The summed E-state index contributed by atoms with van der Waals surface area (Å²) in [5, 5.41) is 1.16. The molecule has 0 unspecified atom stereocenters. The normalized spacial score (nSPS) is 16.8. The topological polar surface area (TPSA) is 88.6 Å². The van der Waals surface area contributed by atoms with Gasteiger partial charge < -0.3 is 9.64 Å². The van der Waals surface area contributed by atoms with E-state index in [1.807, 2.05) is 12.1 Å². The summed E-state index contributed by atoms with van der Waals surface area (Å²) in [6.45, 7) is 2.04. The molecule has 3 heterocycles. The number of carbonyl (C=O) groups excluding carboxylic acids is 1. The van der Waals surface area contributed by atoms with Gasteiger partial charge in [-0.1, -0.05) is 18.2 Å². The first kappa shape index (κ1) is 20.4. The molecule has 31 heavy (non-hydrogen) atoms. The fourth-order valence-electron chi connectivity index (χ4n) is 4.26. The molecule has 1 fully saturated rings. The highest BCUT2D eigenvalue weighted by Crippen LogP contribution is 2.40. The number of hydrogen-bond donors (Lipinski definition) is 1. The number of hydrogen-bond acceptors (Lipinski definition) is 6. The van der Waals surface area contributed by atoms with Crippen LogP contribution in [0.2, 0.25) is 0 Å². The van der Waals surface area contributed by atoms with E-state index in [-0.39, 0.29) is 10.8 Å². The summed E-state index contributed by atoms with van der Waals surface area (Å²) >= 11 is 1.39. The summed E-state index contributed by atoms with van der Waals surface area (Å²) in [6.07, 6.45) is 5.32. The van der Waals surface area contributed by atoms with Crippen LogP contribution in [0.3, 0.4) is 0 Å². The first-order valence-corrected chi connectivity index (χ1v) is 12.7. The molecule has 162 valence electrons. The van der Waals surface area contributed by atoms with Crippen molar-refractivity contribution in [2.45, 2.75) is 30.6 Å². The van der Waals surface area contributed by atoms with Crippen LogP contribution in [0.15, 0.2) is 41.4 Å². The summed E-state index contributed by atoms with van der Waals surface area (Å²) in [7, 11) is -3.92. The van der Waals surface area contributed by atoms with Gasteiger partial charge in [0.25, 0.3) is 15.9 Å². The highest BCUT2D eigenvalue weighted by molar-refractivity contribution is 7.93. The van der Waals surface area contributed by atoms with E-state index in [2.05, 4.69) is 9.71 Å². The van der Waals surface area contributed by atoms with Crippen molar-refractivity contribution in [3.63, 3.8) is 0 Å². The molecule has 3 aromatic rings. The van der Waals surface area contributed by atoms with Crippen molar-refractivity contribution in [1.29, 1.82) is 0 Å². The molecule has 0 atom stereocenters. The van der Waals surface area contributed by atoms with Gasteiger partial charge in [-0.2, -0.15) is 0 Å². The smallest absolute Gasteiger partial charge is 0.264 e. The van der Waals surface area contributed by atoms with E-state index in [9.17, 15) is 13.2 Å². The minimum Gasteiger partial charge on any atom is -0.378 e. The zero-order valence-electron chi connectivity index (χ0n) is 17.0. The Morgan fingerprint density at radius 1 is 1.10 bits per heavy atom. The van der Waals surface area contributed by atoms with Gasteiger partial charge in [0.15, 0.2) is 0 Å². The Labute approximate surface area is 185 Å². The number of anilines is 1. The predicted octanol–water partition coefficient (Wildman–Crippen LogP) is 3.45. The Balaban J connectivity index is 1.57. The van der Waals surface area contributed by atoms with Crippen LogP contribution in [-0.4, -0.2) is 50.5 Å². The maximum Gasteiger partial charge on any atom is 0.264 e. The zero-order valence-corrected chi connectivity index (χ0v) is 18.6. The van der Waals surface area contributed by atoms with E-state index < -0.39 is 10.0 Å². The predicted molar refractivity (Wildman–Crippen MR) is 120 cm³/mol. The number of amides is 1. The number of ether oxygens (including phenoxy) is 1. The number of nitrogens with one attached hydrogen (secondary N) is 1. The standard InChI is InChI=1S/C22H23N3O4S2/c26-22(25-11-13-29-14-12-25)19-16-7-1-2-8-17(16)30-21(19)24-31(27,28)18-9-3-5-15-6-4-10-23-20(15)18/h3-6,9-10,24H,1-2,7-8,11-14H2. The summed E-state index contributed by atoms with van der Waals surface area (Å²) in [5.41, 5.74) is 1.93. The molecular weight excluding hydrogens is 434 g/mol. The summed E-state index contributed by atoms with van der Waals surface area (Å²) in [5.74, 6) is -0.114. The van der Waals surface area contributed by atoms with Crippen LogP contribution in [0, 0.1) is 0 Å². The third-order valence-corrected chi connectivity index (χ3v) is 8.51. The number of benzene rings is 1. The number of carbonyl (C=O) groups is 1. The van der Waals surface area contributed by atoms with E-state index in [1.54, 1.807) is 29.3 Å². The van der Waals surface area contributed by atoms with Gasteiger partial charge in [0, 0.05) is 29.5 Å². The third-order valence-electron chi connectivity index (χ3n) is 5.80. The van der Waals surface area contributed by atoms with Crippen molar-refractivity contribution >= 4 is 43.2 Å². The average molecular weight is 458 g/mol. The molecule has 1 N–H and O–H groups in total. The van der Waals surface area contributed by atoms with Crippen molar-refractivity contribution < 1.29 is 17.9 Å². The van der Waals surface area contributed by atoms with Crippen molar-refractivity contribution in [2.75, 3.05) is 31.0 Å². The summed E-state index contributed by atoms with van der Waals surface area (Å²) in [6, 6.07) is 8.70. The molecule has 5 rings (SSSR count). The lowest BCUT2D eigenvalue weighted by Gasteiger charge is -2.27. The summed E-state index contributed by atoms with van der Waals surface area (Å²) in [4.78, 5) is 20.7. The van der Waals surface area contributed by atoms with E-state index in [1.165, 1.54) is 11.3 Å². The Hall–Kier alpha value is -2.49. The molecule has 2 aliphatic rings. The van der Waals surface area contributed by atoms with Crippen LogP contribution >= 0.6 is 11.3 Å². The molecule has 1 saturated heterocycles. The molecule has 1 aliphatic heterocycles. The first-order valence-electron chi connectivity index (χ1n) is 10.4. The van der Waals surface area contributed by atoms with Gasteiger partial charge in [-0.05, 0) is 43.4 Å². The number of para-hydroxylation sites is 1. The Bertz CT molecular complexity index is 1240. The number of rotatable bonds is 4. The highest BCUT2D eigenvalue weighted by Gasteiger charge is 2.31. The Morgan fingerprint density at radius 2 is 1.87 bits per heavy atom. The number of aryl methyl sites for hydroxylation is 1. The second kappa shape index (κ2) is 8.22. The Kier molecular flexibility index (Phi) is 5.41. The van der Waals surface area contributed by atoms with Crippen LogP contribution in [0.5, 0.6) is 0 Å². The lowest BCUT2D eigenvalue weighted by atomic mass is 9.95. The van der Waals surface area contributed by atoms with Crippen molar-refractivity contribution in [3.05, 3.63) is 52.5 Å². The van der Waals surface area contributed by atoms with Crippen LogP contribution < -0.4 is 4.72 Å². The van der Waals surface area contributed by atoms with Gasteiger partial charge in [0.2, 0.25) is 0 Å². The molecule has 0 saturated carbocycles. The molecule has 7 nitrogen and oxygen atoms in total. The average Bonchev–Trinajstić information content (AvgIpc) is 3.15. The molecule has 0 spiro atoms. The van der Waals surface area contributed by atoms with E-state index in [4.69, 9.17) is 4.74 Å². The maximum absolute atomic E-state index is 13.4. The van der Waals surface area contributed by atoms with Gasteiger partial charge in [-0.15, -0.1) is 11.3 Å². The highest BCUT2D eigenvalue weighted by atomic mass is 32.2. The minimum absolute atomic E-state index is 0.113. The van der Waals surface area contributed by atoms with Crippen LogP contribution in [0.25, 0.3) is 10.9 Å². The number of pyridine rings is 1. The molecule has 9 heteroatoms. The van der Waals surface area contributed by atoms with Gasteiger partial charge in [-0.3, -0.25) is 14.5 Å². The van der Waals surface area contributed by atoms with Gasteiger partial charge in [0.1, 0.15) is 9.90 Å². The fraction of sp³-hybridized carbons (Fsp3) is 0.364. The number of sulfonamides is 1. The quantitative estimate of drug-likeness (QED) is 0.648. The fourth-order valence-corrected chi connectivity index (χ4v) is 7.03. The SMILES string of the molecule is O=C(c1c(NS(=O)(=O)c2cccc3cccnc23)sc2c1CCCC2)N1CCOCC1. The minimum atomic E-state index is -3.92. The van der Waals surface area contributed by atoms with Crippen LogP contribution in [0.4, 0.5) is 5.00 Å². The molecule has 1 amide bonds. The largest absolute Gasteiger partial charge is 0.378 e. The molecule has 1 aliphatic carbocycles. The number of morpholine rings is 1. The molecule has 1 aromatic carbocycles. The first-order chi connectivity index (χ1) is 15.0. The van der Waals surface area contributed by atoms with E-state index in [0.717, 1.165) is 41.5 Å². The number of fused-ring (bicyclic) bond motifs is 2. The lowest BCUT2D eigenvalue weighted by molar-refractivity contribution is 0.0303. The molecule has 2 aromatic heterocycles. The monoisotopic (exact) mass is 457 g/mol. The van der Waals surface area contributed by atoms with Crippen LogP contribution in [-0.2, 0) is 27.6 Å². The van der Waals surface area contributed by atoms with Gasteiger partial charge in [0.05, 0.1) is 24.3 Å². The van der Waals surface area contributed by atoms with Gasteiger partial charge in [-0.25, -0.2) is 8.42 Å². The zero-order chi connectivity index (χ0) is 21.4. The molecule has 0 radical (unpaired) electrons. The molecule has 0 bridgehead atoms.